The van der Waals surface area contributed by atoms with Crippen molar-refractivity contribution >= 4 is 11.8 Å². The van der Waals surface area contributed by atoms with E-state index in [9.17, 15) is 35.9 Å². The minimum atomic E-state index is -5.38. The lowest BCUT2D eigenvalue weighted by Gasteiger charge is -2.15. The second-order valence-corrected chi connectivity index (χ2v) is 4.44. The molecule has 0 atom stereocenters. The number of carbonyl (C=O) groups is 2. The summed E-state index contributed by atoms with van der Waals surface area (Å²) in [5, 5.41) is 0. The lowest BCUT2D eigenvalue weighted by molar-refractivity contribution is -0.139. The van der Waals surface area contributed by atoms with Crippen molar-refractivity contribution in [2.24, 2.45) is 0 Å². The summed E-state index contributed by atoms with van der Waals surface area (Å²) in [5.41, 5.74) is -5.01. The Labute approximate surface area is 138 Å². The molecule has 0 N–H and O–H groups in total. The van der Waals surface area contributed by atoms with Gasteiger partial charge >= 0.3 is 12.1 Å². The molecule has 0 radical (unpaired) electrons. The van der Waals surface area contributed by atoms with Crippen molar-refractivity contribution in [3.63, 3.8) is 0 Å². The largest absolute Gasteiger partial charge is 0.500 e. The minimum Gasteiger partial charge on any atom is -0.500 e. The zero-order valence-corrected chi connectivity index (χ0v) is 13.0. The van der Waals surface area contributed by atoms with Crippen LogP contribution in [-0.2, 0) is 20.4 Å². The SMILES string of the molecule is CCO/C=C(/C(=O)OCC)C(=O)c1c(C(F)(F)F)cc(F)c(F)c1F. The number of rotatable bonds is 6. The van der Waals surface area contributed by atoms with E-state index in [4.69, 9.17) is 0 Å². The molecule has 4 nitrogen and oxygen atoms in total. The summed E-state index contributed by atoms with van der Waals surface area (Å²) < 4.78 is 88.5. The van der Waals surface area contributed by atoms with Crippen LogP contribution in [-0.4, -0.2) is 25.0 Å². The van der Waals surface area contributed by atoms with Crippen molar-refractivity contribution in [2.75, 3.05) is 13.2 Å². The first kappa shape index (κ1) is 20.5. The summed E-state index contributed by atoms with van der Waals surface area (Å²) in [6.07, 6.45) is -4.91. The molecule has 25 heavy (non-hydrogen) atoms. The molecule has 0 heterocycles. The molecule has 0 saturated carbocycles. The molecule has 0 spiro atoms. The van der Waals surface area contributed by atoms with Crippen molar-refractivity contribution in [2.45, 2.75) is 20.0 Å². The quantitative estimate of drug-likeness (QED) is 0.112. The average Bonchev–Trinajstić information content (AvgIpc) is 2.51. The van der Waals surface area contributed by atoms with Crippen LogP contribution in [0.3, 0.4) is 0 Å². The zero-order chi connectivity index (χ0) is 19.4. The van der Waals surface area contributed by atoms with Gasteiger partial charge in [0.2, 0.25) is 5.78 Å². The molecule has 0 amide bonds. The standard InChI is InChI=1S/C15H12F6O4/c1-3-24-6-7(14(23)25-4-2)13(22)10-8(15(19,20)21)5-9(16)11(17)12(10)18/h5-6H,3-4H2,1-2H3/b7-6+. The van der Waals surface area contributed by atoms with Gasteiger partial charge in [-0.1, -0.05) is 0 Å². The summed E-state index contributed by atoms with van der Waals surface area (Å²) in [4.78, 5) is 24.0. The van der Waals surface area contributed by atoms with E-state index < -0.39 is 52.1 Å². The second-order valence-electron chi connectivity index (χ2n) is 4.44. The summed E-state index contributed by atoms with van der Waals surface area (Å²) in [6.45, 7) is 2.45. The number of halogens is 6. The Morgan fingerprint density at radius 1 is 1.08 bits per heavy atom. The van der Waals surface area contributed by atoms with Gasteiger partial charge in [-0.15, -0.1) is 0 Å². The number of Topliss-reactive ketones (excluding diaryl/α,β-unsaturated/α-hetero) is 1. The normalized spacial score (nSPS) is 12.1. The maximum atomic E-state index is 13.9. The Balaban J connectivity index is 3.63. The lowest BCUT2D eigenvalue weighted by Crippen LogP contribution is -2.23. The molecule has 0 aliphatic rings. The van der Waals surface area contributed by atoms with Gasteiger partial charge in [0.25, 0.3) is 0 Å². The molecule has 0 aliphatic carbocycles. The molecule has 0 aliphatic heterocycles. The third-order valence-electron chi connectivity index (χ3n) is 2.80. The third kappa shape index (κ3) is 4.52. The molecule has 0 unspecified atom stereocenters. The van der Waals surface area contributed by atoms with Crippen molar-refractivity contribution in [1.82, 2.24) is 0 Å². The van der Waals surface area contributed by atoms with Gasteiger partial charge < -0.3 is 9.47 Å². The van der Waals surface area contributed by atoms with Crippen molar-refractivity contribution in [1.29, 1.82) is 0 Å². The highest BCUT2D eigenvalue weighted by Gasteiger charge is 2.41. The van der Waals surface area contributed by atoms with Crippen LogP contribution >= 0.6 is 0 Å². The Morgan fingerprint density at radius 2 is 1.68 bits per heavy atom. The van der Waals surface area contributed by atoms with Gasteiger partial charge in [-0.3, -0.25) is 4.79 Å². The number of carbonyl (C=O) groups excluding carboxylic acids is 2. The molecule has 0 bridgehead atoms. The van der Waals surface area contributed by atoms with Gasteiger partial charge in [0, 0.05) is 0 Å². The highest BCUT2D eigenvalue weighted by Crippen LogP contribution is 2.36. The van der Waals surface area contributed by atoms with Crippen LogP contribution in [0.25, 0.3) is 0 Å². The van der Waals surface area contributed by atoms with E-state index in [1.165, 1.54) is 13.8 Å². The maximum Gasteiger partial charge on any atom is 0.417 e. The molecular formula is C15H12F6O4. The van der Waals surface area contributed by atoms with Crippen LogP contribution in [0.15, 0.2) is 17.9 Å². The van der Waals surface area contributed by atoms with Crippen LogP contribution < -0.4 is 0 Å². The Hall–Kier alpha value is -2.52. The topological polar surface area (TPSA) is 52.6 Å². The lowest BCUT2D eigenvalue weighted by atomic mass is 9.97. The summed E-state index contributed by atoms with van der Waals surface area (Å²) >= 11 is 0. The van der Waals surface area contributed by atoms with Gasteiger partial charge in [-0.25, -0.2) is 18.0 Å². The van der Waals surface area contributed by atoms with Gasteiger partial charge in [-0.2, -0.15) is 13.2 Å². The fourth-order valence-corrected chi connectivity index (χ4v) is 1.75. The highest BCUT2D eigenvalue weighted by molar-refractivity contribution is 6.24. The number of ether oxygens (including phenoxy) is 2. The molecule has 138 valence electrons. The summed E-state index contributed by atoms with van der Waals surface area (Å²) in [7, 11) is 0. The van der Waals surface area contributed by atoms with E-state index in [-0.39, 0.29) is 19.3 Å². The Kier molecular flexibility index (Phi) is 6.60. The highest BCUT2D eigenvalue weighted by atomic mass is 19.4. The molecule has 10 heteroatoms. The number of benzene rings is 1. The Bertz CT molecular complexity index is 709. The van der Waals surface area contributed by atoms with Crippen molar-refractivity contribution in [3.8, 4) is 0 Å². The fraction of sp³-hybridized carbons (Fsp3) is 0.333. The Morgan fingerprint density at radius 3 is 2.16 bits per heavy atom. The first-order valence-corrected chi connectivity index (χ1v) is 6.84. The molecule has 1 aromatic rings. The summed E-state index contributed by atoms with van der Waals surface area (Å²) in [5.74, 6) is -10.0. The van der Waals surface area contributed by atoms with E-state index in [1.807, 2.05) is 0 Å². The number of hydrogen-bond donors (Lipinski definition) is 0. The maximum absolute atomic E-state index is 13.9. The number of alkyl halides is 3. The van der Waals surface area contributed by atoms with Crippen LogP contribution in [0.5, 0.6) is 0 Å². The van der Waals surface area contributed by atoms with E-state index in [1.54, 1.807) is 0 Å². The molecule has 0 saturated heterocycles. The average molecular weight is 370 g/mol. The number of hydrogen-bond acceptors (Lipinski definition) is 4. The van der Waals surface area contributed by atoms with Gasteiger partial charge in [0.05, 0.1) is 24.3 Å². The second kappa shape index (κ2) is 8.04. The first-order valence-electron chi connectivity index (χ1n) is 6.84. The monoisotopic (exact) mass is 370 g/mol. The molecular weight excluding hydrogens is 358 g/mol. The van der Waals surface area contributed by atoms with Crippen molar-refractivity contribution in [3.05, 3.63) is 46.5 Å². The first-order chi connectivity index (χ1) is 11.6. The van der Waals surface area contributed by atoms with Gasteiger partial charge in [-0.05, 0) is 19.9 Å². The molecule has 1 aromatic carbocycles. The van der Waals surface area contributed by atoms with E-state index in [2.05, 4.69) is 9.47 Å². The summed E-state index contributed by atoms with van der Waals surface area (Å²) in [6, 6.07) is -0.366. The van der Waals surface area contributed by atoms with Crippen molar-refractivity contribution < 1.29 is 45.4 Å². The predicted octanol–water partition coefficient (Wildman–Crippen LogP) is 3.79. The molecule has 1 rings (SSSR count). The van der Waals surface area contributed by atoms with Crippen LogP contribution in [0.1, 0.15) is 29.8 Å². The smallest absolute Gasteiger partial charge is 0.417 e. The fourth-order valence-electron chi connectivity index (χ4n) is 1.75. The van der Waals surface area contributed by atoms with E-state index in [0.717, 1.165) is 0 Å². The molecule has 0 aromatic heterocycles. The van der Waals surface area contributed by atoms with Gasteiger partial charge in [0.15, 0.2) is 17.5 Å². The van der Waals surface area contributed by atoms with E-state index >= 15 is 0 Å². The van der Waals surface area contributed by atoms with Gasteiger partial charge in [0.1, 0.15) is 11.8 Å². The minimum absolute atomic E-state index is 0.0808. The number of ketones is 1. The molecule has 0 fully saturated rings. The number of esters is 1. The zero-order valence-electron chi connectivity index (χ0n) is 13.0. The third-order valence-corrected chi connectivity index (χ3v) is 2.80. The van der Waals surface area contributed by atoms with E-state index in [0.29, 0.717) is 6.26 Å². The predicted molar refractivity (Wildman–Crippen MR) is 72.0 cm³/mol. The van der Waals surface area contributed by atoms with Crippen LogP contribution in [0.4, 0.5) is 26.3 Å². The van der Waals surface area contributed by atoms with Crippen LogP contribution in [0, 0.1) is 17.5 Å². The van der Waals surface area contributed by atoms with Crippen LogP contribution in [0.2, 0.25) is 0 Å².